The highest BCUT2D eigenvalue weighted by Gasteiger charge is 2.15. The minimum Gasteiger partial charge on any atom is -0.314 e. The molecule has 0 aliphatic carbocycles. The number of nitrogens with zero attached hydrogens (tertiary/aromatic N) is 1. The lowest BCUT2D eigenvalue weighted by atomic mass is 10.0. The maximum atomic E-state index is 3.64. The first kappa shape index (κ1) is 14.0. The number of halogens is 1. The zero-order chi connectivity index (χ0) is 12.8. The molecule has 0 amide bonds. The van der Waals surface area contributed by atoms with Gasteiger partial charge in [0.05, 0.1) is 0 Å². The number of piperazine rings is 1. The third-order valence-electron chi connectivity index (χ3n) is 3.57. The van der Waals surface area contributed by atoms with Crippen molar-refractivity contribution in [3.8, 4) is 0 Å². The largest absolute Gasteiger partial charge is 0.314 e. The molecule has 0 radical (unpaired) electrons. The predicted octanol–water partition coefficient (Wildman–Crippen LogP) is 2.00. The van der Waals surface area contributed by atoms with Gasteiger partial charge in [0.1, 0.15) is 0 Å². The summed E-state index contributed by atoms with van der Waals surface area (Å²) >= 11 is 3.64. The van der Waals surface area contributed by atoms with E-state index in [4.69, 9.17) is 0 Å². The summed E-state index contributed by atoms with van der Waals surface area (Å²) in [6.45, 7) is 5.76. The first-order chi connectivity index (χ1) is 8.81. The summed E-state index contributed by atoms with van der Waals surface area (Å²) in [7, 11) is 2.04. The third kappa shape index (κ3) is 3.79. The molecule has 18 heavy (non-hydrogen) atoms. The van der Waals surface area contributed by atoms with Crippen LogP contribution < -0.4 is 10.6 Å². The van der Waals surface area contributed by atoms with E-state index in [0.717, 1.165) is 26.1 Å². The van der Waals surface area contributed by atoms with Crippen molar-refractivity contribution in [1.29, 1.82) is 0 Å². The van der Waals surface area contributed by atoms with Crippen LogP contribution in [0.2, 0.25) is 0 Å². The molecule has 0 aromatic heterocycles. The Balaban J connectivity index is 1.91. The highest BCUT2D eigenvalue weighted by atomic mass is 79.9. The van der Waals surface area contributed by atoms with Crippen LogP contribution in [0.4, 0.5) is 0 Å². The Bertz CT molecular complexity index is 364. The van der Waals surface area contributed by atoms with E-state index >= 15 is 0 Å². The number of hydrogen-bond donors (Lipinski definition) is 2. The molecule has 2 rings (SSSR count). The van der Waals surface area contributed by atoms with Crippen LogP contribution in [0, 0.1) is 0 Å². The van der Waals surface area contributed by atoms with Crippen molar-refractivity contribution in [2.45, 2.75) is 12.5 Å². The minimum atomic E-state index is 0.426. The molecule has 0 bridgehead atoms. The molecule has 1 aliphatic heterocycles. The van der Waals surface area contributed by atoms with E-state index in [1.165, 1.54) is 23.1 Å². The quantitative estimate of drug-likeness (QED) is 0.871. The number of nitrogens with one attached hydrogen (secondary N) is 2. The van der Waals surface area contributed by atoms with Crippen LogP contribution in [-0.4, -0.2) is 44.7 Å². The van der Waals surface area contributed by atoms with Gasteiger partial charge in [0.15, 0.2) is 0 Å². The molecule has 2 N–H and O–H groups in total. The Morgan fingerprint density at radius 2 is 2.06 bits per heavy atom. The van der Waals surface area contributed by atoms with Gasteiger partial charge in [-0.1, -0.05) is 34.1 Å². The minimum absolute atomic E-state index is 0.426. The maximum Gasteiger partial charge on any atom is 0.0340 e. The fourth-order valence-electron chi connectivity index (χ4n) is 2.46. The summed E-state index contributed by atoms with van der Waals surface area (Å²) in [6, 6.07) is 8.91. The molecule has 1 saturated heterocycles. The summed E-state index contributed by atoms with van der Waals surface area (Å²) in [6.07, 6.45) is 1.15. The Morgan fingerprint density at radius 3 is 2.72 bits per heavy atom. The van der Waals surface area contributed by atoms with Crippen molar-refractivity contribution < 1.29 is 0 Å². The second kappa shape index (κ2) is 7.24. The summed E-state index contributed by atoms with van der Waals surface area (Å²) in [4.78, 5) is 2.54. The topological polar surface area (TPSA) is 27.3 Å². The Kier molecular flexibility index (Phi) is 5.63. The van der Waals surface area contributed by atoms with Crippen molar-refractivity contribution in [3.63, 3.8) is 0 Å². The van der Waals surface area contributed by atoms with E-state index in [2.05, 4.69) is 55.7 Å². The molecule has 1 aromatic rings. The molecular weight excluding hydrogens is 290 g/mol. The smallest absolute Gasteiger partial charge is 0.0340 e. The van der Waals surface area contributed by atoms with E-state index in [9.17, 15) is 0 Å². The second-order valence-electron chi connectivity index (χ2n) is 4.74. The van der Waals surface area contributed by atoms with Crippen molar-refractivity contribution in [3.05, 3.63) is 34.3 Å². The molecule has 1 heterocycles. The van der Waals surface area contributed by atoms with Crippen molar-refractivity contribution in [2.75, 3.05) is 39.8 Å². The van der Waals surface area contributed by atoms with Crippen LogP contribution >= 0.6 is 15.9 Å². The highest BCUT2D eigenvalue weighted by molar-refractivity contribution is 9.10. The van der Waals surface area contributed by atoms with Crippen molar-refractivity contribution >= 4 is 15.9 Å². The standard InChI is InChI=1S/C14H22BrN3/c1-16-14(12-4-2-3-5-13(12)15)6-9-18-10-7-17-8-11-18/h2-5,14,16-17H,6-11H2,1H3. The average molecular weight is 312 g/mol. The van der Waals surface area contributed by atoms with Gasteiger partial charge in [0, 0.05) is 43.2 Å². The average Bonchev–Trinajstić information content (AvgIpc) is 2.42. The summed E-state index contributed by atoms with van der Waals surface area (Å²) < 4.78 is 1.20. The van der Waals surface area contributed by atoms with Crippen molar-refractivity contribution in [2.24, 2.45) is 0 Å². The van der Waals surface area contributed by atoms with Gasteiger partial charge in [0.25, 0.3) is 0 Å². The molecular formula is C14H22BrN3. The van der Waals surface area contributed by atoms with E-state index in [1.807, 2.05) is 7.05 Å². The van der Waals surface area contributed by atoms with Crippen LogP contribution in [0.25, 0.3) is 0 Å². The van der Waals surface area contributed by atoms with Gasteiger partial charge in [-0.25, -0.2) is 0 Å². The van der Waals surface area contributed by atoms with E-state index in [0.29, 0.717) is 6.04 Å². The molecule has 1 aromatic carbocycles. The van der Waals surface area contributed by atoms with Gasteiger partial charge in [-0.3, -0.25) is 0 Å². The van der Waals surface area contributed by atoms with E-state index in [1.54, 1.807) is 0 Å². The molecule has 1 fully saturated rings. The highest BCUT2D eigenvalue weighted by Crippen LogP contribution is 2.25. The van der Waals surface area contributed by atoms with Crippen LogP contribution in [0.5, 0.6) is 0 Å². The molecule has 0 saturated carbocycles. The van der Waals surface area contributed by atoms with Crippen LogP contribution in [0.3, 0.4) is 0 Å². The van der Waals surface area contributed by atoms with Gasteiger partial charge in [-0.05, 0) is 25.1 Å². The fraction of sp³-hybridized carbons (Fsp3) is 0.571. The lowest BCUT2D eigenvalue weighted by molar-refractivity contribution is 0.229. The molecule has 1 aliphatic rings. The molecule has 100 valence electrons. The monoisotopic (exact) mass is 311 g/mol. The van der Waals surface area contributed by atoms with Gasteiger partial charge in [-0.2, -0.15) is 0 Å². The molecule has 1 unspecified atom stereocenters. The van der Waals surface area contributed by atoms with Gasteiger partial charge in [-0.15, -0.1) is 0 Å². The Morgan fingerprint density at radius 1 is 1.33 bits per heavy atom. The summed E-state index contributed by atoms with van der Waals surface area (Å²) in [5, 5.41) is 6.82. The lowest BCUT2D eigenvalue weighted by Gasteiger charge is -2.29. The SMILES string of the molecule is CNC(CCN1CCNCC1)c1ccccc1Br. The van der Waals surface area contributed by atoms with E-state index in [-0.39, 0.29) is 0 Å². The molecule has 0 spiro atoms. The molecule has 1 atom stereocenters. The van der Waals surface area contributed by atoms with Crippen LogP contribution in [0.1, 0.15) is 18.0 Å². The number of hydrogen-bond acceptors (Lipinski definition) is 3. The molecule has 4 heteroatoms. The first-order valence-electron chi connectivity index (χ1n) is 6.66. The number of rotatable bonds is 5. The molecule has 3 nitrogen and oxygen atoms in total. The summed E-state index contributed by atoms with van der Waals surface area (Å²) in [5.41, 5.74) is 1.36. The van der Waals surface area contributed by atoms with Gasteiger partial charge in [0.2, 0.25) is 0 Å². The van der Waals surface area contributed by atoms with Gasteiger partial charge >= 0.3 is 0 Å². The Hall–Kier alpha value is -0.420. The normalized spacial score (nSPS) is 18.8. The fourth-order valence-corrected chi connectivity index (χ4v) is 3.02. The maximum absolute atomic E-state index is 3.64. The first-order valence-corrected chi connectivity index (χ1v) is 7.45. The van der Waals surface area contributed by atoms with E-state index < -0.39 is 0 Å². The van der Waals surface area contributed by atoms with Gasteiger partial charge < -0.3 is 15.5 Å². The zero-order valence-electron chi connectivity index (χ0n) is 11.0. The van der Waals surface area contributed by atoms with Crippen LogP contribution in [-0.2, 0) is 0 Å². The third-order valence-corrected chi connectivity index (χ3v) is 4.29. The lowest BCUT2D eigenvalue weighted by Crippen LogP contribution is -2.44. The van der Waals surface area contributed by atoms with Crippen LogP contribution in [0.15, 0.2) is 28.7 Å². The number of benzene rings is 1. The Labute approximate surface area is 118 Å². The van der Waals surface area contributed by atoms with Crippen molar-refractivity contribution in [1.82, 2.24) is 15.5 Å². The predicted molar refractivity (Wildman–Crippen MR) is 79.9 cm³/mol. The second-order valence-corrected chi connectivity index (χ2v) is 5.60. The summed E-state index contributed by atoms with van der Waals surface area (Å²) in [5.74, 6) is 0. The zero-order valence-corrected chi connectivity index (χ0v) is 12.5.